The molecule has 5 heteroatoms. The number of urea groups is 1. The van der Waals surface area contributed by atoms with Crippen LogP contribution in [-0.2, 0) is 4.79 Å². The van der Waals surface area contributed by atoms with Crippen LogP contribution in [0.1, 0.15) is 19.8 Å². The molecule has 2 amide bonds. The van der Waals surface area contributed by atoms with Gasteiger partial charge in [-0.25, -0.2) is 4.79 Å². The minimum absolute atomic E-state index is 0.102. The zero-order valence-corrected chi connectivity index (χ0v) is 8.12. The highest BCUT2D eigenvalue weighted by atomic mass is 16.2. The molecule has 0 unspecified atom stereocenters. The predicted octanol–water partition coefficient (Wildman–Crippen LogP) is 0.148. The number of aliphatic imine (C=N–C) groups is 1. The van der Waals surface area contributed by atoms with Crippen molar-refractivity contribution in [2.75, 3.05) is 13.1 Å². The Hall–Kier alpha value is -1.39. The molecular weight excluding hydrogens is 182 g/mol. The van der Waals surface area contributed by atoms with Gasteiger partial charge in [0, 0.05) is 31.3 Å². The predicted molar refractivity (Wildman–Crippen MR) is 50.9 cm³/mol. The summed E-state index contributed by atoms with van der Waals surface area (Å²) in [6.45, 7) is 2.91. The van der Waals surface area contributed by atoms with E-state index in [0.29, 0.717) is 31.7 Å². The number of Topliss-reactive ketones (excluding diaryl/α,β-unsaturated/α-hetero) is 1. The first-order chi connectivity index (χ1) is 6.51. The SMILES string of the molecule is C/C(N)=N/C(=O)N1CC2(CC(=O)C2)C1. The maximum Gasteiger partial charge on any atom is 0.345 e. The second-order valence-corrected chi connectivity index (χ2v) is 4.28. The Bertz CT molecular complexity index is 315. The third kappa shape index (κ3) is 1.38. The van der Waals surface area contributed by atoms with Crippen LogP contribution in [0.4, 0.5) is 4.79 Å². The van der Waals surface area contributed by atoms with Gasteiger partial charge in [0.25, 0.3) is 0 Å². The van der Waals surface area contributed by atoms with E-state index in [1.807, 2.05) is 0 Å². The third-order valence-corrected chi connectivity index (χ3v) is 2.74. The average molecular weight is 195 g/mol. The van der Waals surface area contributed by atoms with Gasteiger partial charge in [0.15, 0.2) is 0 Å². The van der Waals surface area contributed by atoms with Crippen molar-refractivity contribution in [1.29, 1.82) is 0 Å². The molecule has 2 rings (SSSR count). The van der Waals surface area contributed by atoms with Gasteiger partial charge < -0.3 is 10.6 Å². The molecule has 0 bridgehead atoms. The van der Waals surface area contributed by atoms with E-state index in [0.717, 1.165) is 0 Å². The maximum atomic E-state index is 11.3. The molecule has 0 atom stereocenters. The van der Waals surface area contributed by atoms with Crippen molar-refractivity contribution in [3.8, 4) is 0 Å². The number of nitrogens with two attached hydrogens (primary N) is 1. The van der Waals surface area contributed by atoms with E-state index >= 15 is 0 Å². The molecule has 1 aliphatic carbocycles. The molecule has 76 valence electrons. The lowest BCUT2D eigenvalue weighted by molar-refractivity contribution is -0.141. The number of ketones is 1. The van der Waals surface area contributed by atoms with Gasteiger partial charge in [0.1, 0.15) is 11.6 Å². The molecule has 0 aromatic rings. The molecule has 1 spiro atoms. The van der Waals surface area contributed by atoms with Gasteiger partial charge in [0.05, 0.1) is 0 Å². The van der Waals surface area contributed by atoms with Crippen molar-refractivity contribution >= 4 is 17.6 Å². The summed E-state index contributed by atoms with van der Waals surface area (Å²) in [5.41, 5.74) is 5.40. The van der Waals surface area contributed by atoms with Crippen LogP contribution in [-0.4, -0.2) is 35.6 Å². The fourth-order valence-electron chi connectivity index (χ4n) is 2.13. The van der Waals surface area contributed by atoms with E-state index in [-0.39, 0.29) is 17.3 Å². The summed E-state index contributed by atoms with van der Waals surface area (Å²) in [6.07, 6.45) is 1.25. The van der Waals surface area contributed by atoms with Crippen LogP contribution in [0.5, 0.6) is 0 Å². The lowest BCUT2D eigenvalue weighted by Gasteiger charge is -2.53. The molecule has 1 heterocycles. The number of amidine groups is 1. The molecule has 5 nitrogen and oxygen atoms in total. The average Bonchev–Trinajstić information content (AvgIpc) is 1.91. The molecule has 2 aliphatic rings. The van der Waals surface area contributed by atoms with Gasteiger partial charge in [-0.05, 0) is 6.92 Å². The number of hydrogen-bond donors (Lipinski definition) is 1. The number of carbonyl (C=O) groups excluding carboxylic acids is 2. The molecule has 2 N–H and O–H groups in total. The molecule has 1 aliphatic heterocycles. The highest BCUT2D eigenvalue weighted by molar-refractivity contribution is 5.93. The lowest BCUT2D eigenvalue weighted by atomic mass is 9.63. The summed E-state index contributed by atoms with van der Waals surface area (Å²) in [4.78, 5) is 27.4. The first-order valence-electron chi connectivity index (χ1n) is 4.62. The van der Waals surface area contributed by atoms with Crippen LogP contribution in [0.15, 0.2) is 4.99 Å². The Labute approximate surface area is 82.0 Å². The van der Waals surface area contributed by atoms with Gasteiger partial charge in [-0.2, -0.15) is 4.99 Å². The minimum atomic E-state index is -0.282. The molecule has 0 radical (unpaired) electrons. The quantitative estimate of drug-likeness (QED) is 0.441. The van der Waals surface area contributed by atoms with Crippen LogP contribution in [0.3, 0.4) is 0 Å². The number of hydrogen-bond acceptors (Lipinski definition) is 2. The van der Waals surface area contributed by atoms with Crippen molar-refractivity contribution in [3.63, 3.8) is 0 Å². The molecular formula is C9H13N3O2. The third-order valence-electron chi connectivity index (χ3n) is 2.74. The van der Waals surface area contributed by atoms with Crippen molar-refractivity contribution in [3.05, 3.63) is 0 Å². The molecule has 14 heavy (non-hydrogen) atoms. The largest absolute Gasteiger partial charge is 0.387 e. The standard InChI is InChI=1S/C9H13N3O2/c1-6(10)11-8(14)12-4-9(5-12)2-7(13)3-9/h2-5H2,1H3,(H2,10,11,14). The molecule has 1 saturated heterocycles. The fraction of sp³-hybridized carbons (Fsp3) is 0.667. The van der Waals surface area contributed by atoms with Crippen molar-refractivity contribution in [2.24, 2.45) is 16.1 Å². The normalized spacial score (nSPS) is 24.5. The van der Waals surface area contributed by atoms with Gasteiger partial charge in [-0.1, -0.05) is 0 Å². The van der Waals surface area contributed by atoms with E-state index in [1.54, 1.807) is 11.8 Å². The lowest BCUT2D eigenvalue weighted by Crippen LogP contribution is -2.63. The Morgan fingerprint density at radius 2 is 2.07 bits per heavy atom. The van der Waals surface area contributed by atoms with E-state index in [1.165, 1.54) is 0 Å². The van der Waals surface area contributed by atoms with Gasteiger partial charge in [0.2, 0.25) is 0 Å². The minimum Gasteiger partial charge on any atom is -0.387 e. The van der Waals surface area contributed by atoms with E-state index in [2.05, 4.69) is 4.99 Å². The van der Waals surface area contributed by atoms with Crippen LogP contribution < -0.4 is 5.73 Å². The van der Waals surface area contributed by atoms with Gasteiger partial charge in [-0.15, -0.1) is 0 Å². The molecule has 0 aromatic carbocycles. The summed E-state index contributed by atoms with van der Waals surface area (Å²) in [5.74, 6) is 0.580. The highest BCUT2D eigenvalue weighted by Gasteiger charge is 2.53. The summed E-state index contributed by atoms with van der Waals surface area (Å²) < 4.78 is 0. The fourth-order valence-corrected chi connectivity index (χ4v) is 2.13. The second kappa shape index (κ2) is 2.80. The first kappa shape index (κ1) is 9.18. The van der Waals surface area contributed by atoms with Crippen LogP contribution in [0.2, 0.25) is 0 Å². The summed E-state index contributed by atoms with van der Waals surface area (Å²) in [7, 11) is 0. The Morgan fingerprint density at radius 3 is 2.50 bits per heavy atom. The van der Waals surface area contributed by atoms with E-state index in [9.17, 15) is 9.59 Å². The summed E-state index contributed by atoms with van der Waals surface area (Å²) in [6, 6.07) is -0.282. The summed E-state index contributed by atoms with van der Waals surface area (Å²) in [5, 5.41) is 0. The molecule has 1 saturated carbocycles. The van der Waals surface area contributed by atoms with Crippen molar-refractivity contribution < 1.29 is 9.59 Å². The van der Waals surface area contributed by atoms with Crippen LogP contribution in [0, 0.1) is 5.41 Å². The Kier molecular flexibility index (Phi) is 1.83. The zero-order valence-electron chi connectivity index (χ0n) is 8.12. The zero-order chi connectivity index (χ0) is 10.3. The number of amides is 2. The Balaban J connectivity index is 1.86. The van der Waals surface area contributed by atoms with E-state index < -0.39 is 0 Å². The monoisotopic (exact) mass is 195 g/mol. The molecule has 2 fully saturated rings. The maximum absolute atomic E-state index is 11.3. The number of rotatable bonds is 0. The van der Waals surface area contributed by atoms with Gasteiger partial charge in [-0.3, -0.25) is 4.79 Å². The highest BCUT2D eigenvalue weighted by Crippen LogP contribution is 2.45. The van der Waals surface area contributed by atoms with Crippen LogP contribution in [0.25, 0.3) is 0 Å². The number of carbonyl (C=O) groups is 2. The summed E-state index contributed by atoms with van der Waals surface area (Å²) >= 11 is 0. The number of likely N-dealkylation sites (tertiary alicyclic amines) is 1. The second-order valence-electron chi connectivity index (χ2n) is 4.28. The van der Waals surface area contributed by atoms with Gasteiger partial charge >= 0.3 is 6.03 Å². The van der Waals surface area contributed by atoms with Crippen molar-refractivity contribution in [2.45, 2.75) is 19.8 Å². The number of nitrogens with zero attached hydrogens (tertiary/aromatic N) is 2. The Morgan fingerprint density at radius 1 is 1.50 bits per heavy atom. The van der Waals surface area contributed by atoms with Crippen molar-refractivity contribution in [1.82, 2.24) is 4.90 Å². The smallest absolute Gasteiger partial charge is 0.345 e. The van der Waals surface area contributed by atoms with E-state index in [4.69, 9.17) is 5.73 Å². The first-order valence-corrected chi connectivity index (χ1v) is 4.62. The van der Waals surface area contributed by atoms with Crippen LogP contribution >= 0.6 is 0 Å². The topological polar surface area (TPSA) is 75.8 Å². The molecule has 0 aromatic heterocycles.